The van der Waals surface area contributed by atoms with Gasteiger partial charge in [0.2, 0.25) is 5.90 Å². The molecule has 1 heterocycles. The summed E-state index contributed by atoms with van der Waals surface area (Å²) in [6, 6.07) is 6.23. The Balaban J connectivity index is 0.00000227. The molecule has 7 nitrogen and oxygen atoms in total. The van der Waals surface area contributed by atoms with E-state index in [-0.39, 0.29) is 24.5 Å². The summed E-state index contributed by atoms with van der Waals surface area (Å²) in [5.41, 5.74) is 3.06. The number of benzene rings is 1. The maximum atomic E-state index is 13.1. The summed E-state index contributed by atoms with van der Waals surface area (Å²) in [6.07, 6.45) is 1.47. The fourth-order valence-corrected chi connectivity index (χ4v) is 4.00. The number of hydrogen-bond donors (Lipinski definition) is 0. The van der Waals surface area contributed by atoms with Gasteiger partial charge in [-0.15, -0.1) is 6.58 Å². The number of ketones is 2. The molecule has 1 atom stereocenters. The third-order valence-electron chi connectivity index (χ3n) is 6.92. The molecular weight excluding hydrogens is 573 g/mol. The highest BCUT2D eigenvalue weighted by Crippen LogP contribution is 2.26. The van der Waals surface area contributed by atoms with Crippen molar-refractivity contribution >= 4 is 17.5 Å². The number of hydrogen-bond acceptors (Lipinski definition) is 7. The van der Waals surface area contributed by atoms with Crippen LogP contribution in [0.2, 0.25) is 0 Å². The largest absolute Gasteiger partial charge is 0.493 e. The lowest BCUT2D eigenvalue weighted by Crippen LogP contribution is -2.42. The maximum absolute atomic E-state index is 13.1. The van der Waals surface area contributed by atoms with Gasteiger partial charge in [0.05, 0.1) is 18.3 Å². The average molecular weight is 619 g/mol. The Hall–Kier alpha value is -3.92. The van der Waals surface area contributed by atoms with E-state index < -0.39 is 23.6 Å². The van der Waals surface area contributed by atoms with Crippen LogP contribution in [0, 0.1) is 0 Å². The maximum Gasteiger partial charge on any atom is 0.454 e. The van der Waals surface area contributed by atoms with Gasteiger partial charge in [0, 0.05) is 37.4 Å². The van der Waals surface area contributed by atoms with E-state index in [1.54, 1.807) is 24.3 Å². The number of methoxy groups -OCH3 is 1. The number of halogens is 3. The fraction of sp³-hybridized carbons (Fsp3) is 0.441. The first-order chi connectivity index (χ1) is 20.7. The minimum Gasteiger partial charge on any atom is -0.493 e. The Labute approximate surface area is 259 Å². The Morgan fingerprint density at radius 2 is 1.80 bits per heavy atom. The smallest absolute Gasteiger partial charge is 0.454 e. The number of aliphatic imine (C=N–C) groups is 1. The number of carbonyl (C=O) groups excluding carboxylic acids is 2. The van der Waals surface area contributed by atoms with Crippen molar-refractivity contribution in [1.82, 2.24) is 4.90 Å². The fourth-order valence-electron chi connectivity index (χ4n) is 4.00. The molecule has 0 aliphatic carbocycles. The minimum absolute atomic E-state index is 0.0140. The second kappa shape index (κ2) is 18.7. The predicted octanol–water partition coefficient (Wildman–Crippen LogP) is 7.36. The van der Waals surface area contributed by atoms with Crippen LogP contribution in [0.4, 0.5) is 13.2 Å². The highest BCUT2D eigenvalue weighted by molar-refractivity contribution is 6.02. The molecule has 1 aromatic rings. The summed E-state index contributed by atoms with van der Waals surface area (Å²) in [6.45, 7) is 16.7. The van der Waals surface area contributed by atoms with Crippen LogP contribution in [-0.2, 0) is 25.5 Å². The van der Waals surface area contributed by atoms with Gasteiger partial charge in [0.25, 0.3) is 5.78 Å². The monoisotopic (exact) mass is 618 g/mol. The number of allylic oxidation sites excluding steroid dienone is 5. The van der Waals surface area contributed by atoms with Gasteiger partial charge < -0.3 is 19.1 Å². The number of rotatable bonds is 15. The van der Waals surface area contributed by atoms with Gasteiger partial charge in [0.15, 0.2) is 5.78 Å². The van der Waals surface area contributed by atoms with E-state index in [2.05, 4.69) is 25.1 Å². The third kappa shape index (κ3) is 11.6. The van der Waals surface area contributed by atoms with Gasteiger partial charge >= 0.3 is 6.18 Å². The van der Waals surface area contributed by atoms with Crippen molar-refractivity contribution in [2.45, 2.75) is 66.1 Å². The summed E-state index contributed by atoms with van der Waals surface area (Å²) in [7, 11) is 2.83. The van der Waals surface area contributed by atoms with Crippen LogP contribution in [0.25, 0.3) is 0 Å². The Kier molecular flexibility index (Phi) is 16.2. The highest BCUT2D eigenvalue weighted by atomic mass is 19.4. The van der Waals surface area contributed by atoms with Gasteiger partial charge in [-0.05, 0) is 63.8 Å². The van der Waals surface area contributed by atoms with Crippen molar-refractivity contribution in [1.29, 1.82) is 0 Å². The molecular formula is C34H45F3N2O5. The average Bonchev–Trinajstić information content (AvgIpc) is 3.00. The molecule has 0 amide bonds. The number of alkyl halides is 3. The Bertz CT molecular complexity index is 1270. The van der Waals surface area contributed by atoms with E-state index in [1.807, 2.05) is 32.9 Å². The van der Waals surface area contributed by atoms with E-state index >= 15 is 0 Å². The molecule has 242 valence electrons. The molecule has 2 rings (SSSR count). The van der Waals surface area contributed by atoms with Crippen LogP contribution in [0.5, 0.6) is 5.75 Å². The first kappa shape index (κ1) is 38.1. The molecule has 1 unspecified atom stereocenters. The molecule has 0 aromatic heterocycles. The molecule has 1 aliphatic rings. The predicted molar refractivity (Wildman–Crippen MR) is 169 cm³/mol. The van der Waals surface area contributed by atoms with Gasteiger partial charge in [-0.1, -0.05) is 43.9 Å². The molecule has 0 saturated heterocycles. The zero-order valence-corrected chi connectivity index (χ0v) is 26.8. The van der Waals surface area contributed by atoms with Crippen LogP contribution in [-0.4, -0.2) is 68.6 Å². The normalized spacial score (nSPS) is 14.7. The van der Waals surface area contributed by atoms with Gasteiger partial charge in [-0.3, -0.25) is 9.59 Å². The SMILES string of the molecule is C=C/C(C(=O)C(F)(F)F)=C(/C)N(C)C(Cc1ccc(OCCC2=C(C)COC(/C(C)=C/C)=N2)cc1)C(=O)COC.C=CCC. The lowest BCUT2D eigenvalue weighted by atomic mass is 9.99. The van der Waals surface area contributed by atoms with Crippen molar-refractivity contribution in [2.75, 3.05) is 34.0 Å². The minimum atomic E-state index is -5.06. The van der Waals surface area contributed by atoms with Crippen molar-refractivity contribution in [2.24, 2.45) is 4.99 Å². The molecule has 0 fully saturated rings. The number of nitrogens with zero attached hydrogens (tertiary/aromatic N) is 2. The zero-order valence-electron chi connectivity index (χ0n) is 26.8. The van der Waals surface area contributed by atoms with E-state index in [1.165, 1.54) is 26.0 Å². The Morgan fingerprint density at radius 3 is 2.30 bits per heavy atom. The molecule has 10 heteroatoms. The van der Waals surface area contributed by atoms with E-state index in [0.29, 0.717) is 31.3 Å². The van der Waals surface area contributed by atoms with Crippen LogP contribution in [0.15, 0.2) is 88.8 Å². The van der Waals surface area contributed by atoms with E-state index in [0.717, 1.165) is 34.9 Å². The van der Waals surface area contributed by atoms with Crippen molar-refractivity contribution in [3.8, 4) is 5.75 Å². The van der Waals surface area contributed by atoms with Crippen molar-refractivity contribution < 1.29 is 37.0 Å². The molecule has 1 aliphatic heterocycles. The lowest BCUT2D eigenvalue weighted by molar-refractivity contribution is -0.166. The standard InChI is InChI=1S/C30H37F3N2O5.C4H8/c1-8-19(3)29-34-25(20(4)17-40-29)14-15-39-23-12-10-22(11-13-23)16-26(27(36)18-38-7)35(6)21(5)24(9-2)28(37)30(31,32)33;1-3-4-2/h8-13,26H,2,14-18H2,1,3-7H3;3H,1,4H2,2H3/b19-8+,24-21+;. The second-order valence-electron chi connectivity index (χ2n) is 10.1. The summed E-state index contributed by atoms with van der Waals surface area (Å²) >= 11 is 0. The highest BCUT2D eigenvalue weighted by Gasteiger charge is 2.41. The van der Waals surface area contributed by atoms with Gasteiger partial charge in [0.1, 0.15) is 19.0 Å². The number of carbonyl (C=O) groups is 2. The summed E-state index contributed by atoms with van der Waals surface area (Å²) in [4.78, 5) is 30.7. The topological polar surface area (TPSA) is 77.4 Å². The quantitative estimate of drug-likeness (QED) is 0.116. The van der Waals surface area contributed by atoms with Gasteiger partial charge in [-0.2, -0.15) is 13.2 Å². The van der Waals surface area contributed by atoms with E-state index in [9.17, 15) is 22.8 Å². The summed E-state index contributed by atoms with van der Waals surface area (Å²) in [5.74, 6) is -1.13. The molecule has 0 saturated carbocycles. The van der Waals surface area contributed by atoms with Crippen LogP contribution >= 0.6 is 0 Å². The van der Waals surface area contributed by atoms with Crippen molar-refractivity contribution in [3.05, 3.63) is 89.3 Å². The van der Waals surface area contributed by atoms with Crippen molar-refractivity contribution in [3.63, 3.8) is 0 Å². The number of ether oxygens (including phenoxy) is 3. The third-order valence-corrected chi connectivity index (χ3v) is 6.92. The molecule has 0 radical (unpaired) electrons. The first-order valence-electron chi connectivity index (χ1n) is 14.3. The molecule has 0 bridgehead atoms. The second-order valence-corrected chi connectivity index (χ2v) is 10.1. The van der Waals surface area contributed by atoms with Crippen LogP contribution < -0.4 is 4.74 Å². The van der Waals surface area contributed by atoms with Crippen LogP contribution in [0.3, 0.4) is 0 Å². The Morgan fingerprint density at radius 1 is 1.18 bits per heavy atom. The number of likely N-dealkylation sites (N-methyl/N-ethyl adjacent to an activating group) is 1. The molecule has 44 heavy (non-hydrogen) atoms. The molecule has 0 N–H and O–H groups in total. The number of Topliss-reactive ketones (excluding diaryl/α,β-unsaturated/α-hetero) is 2. The summed E-state index contributed by atoms with van der Waals surface area (Å²) < 4.78 is 55.8. The first-order valence-corrected chi connectivity index (χ1v) is 14.3. The summed E-state index contributed by atoms with van der Waals surface area (Å²) in [5, 5.41) is 0. The van der Waals surface area contributed by atoms with Gasteiger partial charge in [-0.25, -0.2) is 4.99 Å². The van der Waals surface area contributed by atoms with Crippen LogP contribution in [0.1, 0.15) is 53.0 Å². The molecule has 0 spiro atoms. The zero-order chi connectivity index (χ0) is 33.4. The molecule has 1 aromatic carbocycles. The van der Waals surface area contributed by atoms with E-state index in [4.69, 9.17) is 14.2 Å². The lowest BCUT2D eigenvalue weighted by Gasteiger charge is -2.31.